The van der Waals surface area contributed by atoms with Gasteiger partial charge in [0.05, 0.1) is 17.9 Å². The van der Waals surface area contributed by atoms with Crippen LogP contribution in [0.25, 0.3) is 11.6 Å². The molecule has 0 saturated carbocycles. The maximum atomic E-state index is 12.5. The number of nitrogens with two attached hydrogens (primary N) is 1. The lowest BCUT2D eigenvalue weighted by molar-refractivity contribution is -0.110. The fourth-order valence-corrected chi connectivity index (χ4v) is 3.41. The first-order valence-corrected chi connectivity index (χ1v) is 8.80. The molecule has 0 bridgehead atoms. The fourth-order valence-electron chi connectivity index (χ4n) is 3.41. The molecule has 146 valence electrons. The van der Waals surface area contributed by atoms with Crippen molar-refractivity contribution >= 4 is 41.3 Å². The van der Waals surface area contributed by atoms with E-state index in [2.05, 4.69) is 10.6 Å². The molecule has 0 saturated heterocycles. The number of hydrogen-bond acceptors (Lipinski definition) is 5. The molecule has 2 aliphatic rings. The van der Waals surface area contributed by atoms with Crippen LogP contribution < -0.4 is 21.1 Å². The lowest BCUT2D eigenvalue weighted by atomic mass is 9.97. The smallest absolute Gasteiger partial charge is 0.258 e. The Labute approximate surface area is 169 Å². The van der Waals surface area contributed by atoms with Crippen LogP contribution in [-0.2, 0) is 16.1 Å². The van der Waals surface area contributed by atoms with E-state index < -0.39 is 0 Å². The summed E-state index contributed by atoms with van der Waals surface area (Å²) in [7, 11) is 1.64. The van der Waals surface area contributed by atoms with Crippen molar-refractivity contribution in [2.75, 3.05) is 31.0 Å². The predicted octanol–water partition coefficient (Wildman–Crippen LogP) is 3.39. The minimum atomic E-state index is -0.106. The summed E-state index contributed by atoms with van der Waals surface area (Å²) in [6.45, 7) is 1.33. The van der Waals surface area contributed by atoms with Crippen LogP contribution in [0, 0.1) is 0 Å². The predicted molar refractivity (Wildman–Crippen MR) is 114 cm³/mol. The van der Waals surface area contributed by atoms with Crippen molar-refractivity contribution in [3.8, 4) is 5.75 Å². The first kappa shape index (κ1) is 19.9. The van der Waals surface area contributed by atoms with Crippen LogP contribution in [0.1, 0.15) is 16.7 Å². The number of anilines is 2. The molecule has 0 unspecified atom stereocenters. The molecule has 6 nitrogen and oxygen atoms in total. The molecule has 0 radical (unpaired) electrons. The third kappa shape index (κ3) is 3.49. The second kappa shape index (κ2) is 8.48. The zero-order valence-corrected chi connectivity index (χ0v) is 16.3. The topological polar surface area (TPSA) is 85.6 Å². The lowest BCUT2D eigenvalue weighted by Gasteiger charge is -2.22. The second-order valence-electron chi connectivity index (χ2n) is 6.30. The summed E-state index contributed by atoms with van der Waals surface area (Å²) >= 11 is 0. The van der Waals surface area contributed by atoms with Crippen LogP contribution in [0.5, 0.6) is 5.75 Å². The zero-order chi connectivity index (χ0) is 18.8. The van der Waals surface area contributed by atoms with Crippen molar-refractivity contribution in [2.24, 2.45) is 5.73 Å². The molecule has 2 heterocycles. The van der Waals surface area contributed by atoms with Crippen molar-refractivity contribution in [1.29, 1.82) is 0 Å². The SMILES string of the molecule is COCCOc1ccc2c(c1CN)C=CC(=C1C(=O)Nc3ccccc31)N2.Cl. The molecule has 2 aliphatic heterocycles. The number of nitrogens with one attached hydrogen (secondary N) is 2. The molecule has 4 N–H and O–H groups in total. The highest BCUT2D eigenvalue weighted by molar-refractivity contribution is 6.33. The number of benzene rings is 2. The summed E-state index contributed by atoms with van der Waals surface area (Å²) in [4.78, 5) is 12.5. The van der Waals surface area contributed by atoms with Gasteiger partial charge in [-0.05, 0) is 24.3 Å². The summed E-state index contributed by atoms with van der Waals surface area (Å²) in [5.41, 5.74) is 11.9. The van der Waals surface area contributed by atoms with E-state index in [4.69, 9.17) is 15.2 Å². The van der Waals surface area contributed by atoms with Crippen LogP contribution >= 0.6 is 12.4 Å². The molecule has 4 rings (SSSR count). The Balaban J connectivity index is 0.00000225. The van der Waals surface area contributed by atoms with Gasteiger partial charge in [-0.15, -0.1) is 12.4 Å². The van der Waals surface area contributed by atoms with Crippen LogP contribution in [-0.4, -0.2) is 26.2 Å². The maximum absolute atomic E-state index is 12.5. The monoisotopic (exact) mass is 399 g/mol. The molecule has 2 aromatic carbocycles. The average Bonchev–Trinajstić information content (AvgIpc) is 3.03. The van der Waals surface area contributed by atoms with Gasteiger partial charge < -0.3 is 25.8 Å². The van der Waals surface area contributed by atoms with E-state index in [-0.39, 0.29) is 18.3 Å². The molecular formula is C21H22ClN3O3. The fraction of sp³-hybridized carbons (Fsp3) is 0.190. The van der Waals surface area contributed by atoms with Crippen molar-refractivity contribution in [2.45, 2.75) is 6.54 Å². The summed E-state index contributed by atoms with van der Waals surface area (Å²) < 4.78 is 10.8. The zero-order valence-electron chi connectivity index (χ0n) is 15.5. The quantitative estimate of drug-likeness (QED) is 0.530. The van der Waals surface area contributed by atoms with Crippen LogP contribution in [0.4, 0.5) is 11.4 Å². The second-order valence-corrected chi connectivity index (χ2v) is 6.30. The Kier molecular flexibility index (Phi) is 6.04. The number of halogens is 1. The van der Waals surface area contributed by atoms with E-state index in [1.54, 1.807) is 7.11 Å². The molecule has 2 aromatic rings. The van der Waals surface area contributed by atoms with E-state index >= 15 is 0 Å². The van der Waals surface area contributed by atoms with E-state index in [1.165, 1.54) is 0 Å². The van der Waals surface area contributed by atoms with Gasteiger partial charge in [-0.1, -0.05) is 24.3 Å². The minimum absolute atomic E-state index is 0. The summed E-state index contributed by atoms with van der Waals surface area (Å²) in [6.07, 6.45) is 3.89. The van der Waals surface area contributed by atoms with Gasteiger partial charge in [0, 0.05) is 41.7 Å². The molecule has 0 spiro atoms. The van der Waals surface area contributed by atoms with Crippen LogP contribution in [0.3, 0.4) is 0 Å². The first-order chi connectivity index (χ1) is 13.2. The van der Waals surface area contributed by atoms with Crippen molar-refractivity contribution in [3.63, 3.8) is 0 Å². The standard InChI is InChI=1S/C21H21N3O3.ClH/c1-26-10-11-27-19-9-8-17-13(15(19)12-22)6-7-18(23-17)20-14-4-2-3-5-16(14)24-21(20)25;/h2-9,23H,10-12,22H2,1H3,(H,24,25);1H. The van der Waals surface area contributed by atoms with E-state index in [9.17, 15) is 4.79 Å². The highest BCUT2D eigenvalue weighted by atomic mass is 35.5. The molecule has 7 heteroatoms. The molecular weight excluding hydrogens is 378 g/mol. The number of ether oxygens (including phenoxy) is 2. The van der Waals surface area contributed by atoms with Gasteiger partial charge in [-0.3, -0.25) is 4.79 Å². The number of fused-ring (bicyclic) bond motifs is 2. The summed E-state index contributed by atoms with van der Waals surface area (Å²) in [5.74, 6) is 0.644. The number of allylic oxidation sites excluding steroid dienone is 1. The van der Waals surface area contributed by atoms with Gasteiger partial charge in [-0.25, -0.2) is 0 Å². The third-order valence-corrected chi connectivity index (χ3v) is 4.69. The molecule has 28 heavy (non-hydrogen) atoms. The van der Waals surface area contributed by atoms with Crippen LogP contribution in [0.2, 0.25) is 0 Å². The van der Waals surface area contributed by atoms with Gasteiger partial charge in [0.2, 0.25) is 0 Å². The molecule has 1 amide bonds. The molecule has 0 atom stereocenters. The number of methoxy groups -OCH3 is 1. The van der Waals surface area contributed by atoms with Gasteiger partial charge >= 0.3 is 0 Å². The maximum Gasteiger partial charge on any atom is 0.258 e. The highest BCUT2D eigenvalue weighted by Gasteiger charge is 2.28. The first-order valence-electron chi connectivity index (χ1n) is 8.80. The van der Waals surface area contributed by atoms with Crippen molar-refractivity contribution < 1.29 is 14.3 Å². The summed E-state index contributed by atoms with van der Waals surface area (Å²) in [5, 5.41) is 6.28. The Morgan fingerprint density at radius 1 is 1.00 bits per heavy atom. The number of carbonyl (C=O) groups is 1. The normalized spacial score (nSPS) is 16.6. The summed E-state index contributed by atoms with van der Waals surface area (Å²) in [6, 6.07) is 11.5. The van der Waals surface area contributed by atoms with Gasteiger partial charge in [-0.2, -0.15) is 0 Å². The largest absolute Gasteiger partial charge is 0.491 e. The number of amides is 1. The van der Waals surface area contributed by atoms with Crippen molar-refractivity contribution in [1.82, 2.24) is 0 Å². The Bertz CT molecular complexity index is 969. The van der Waals surface area contributed by atoms with E-state index in [0.717, 1.165) is 39.5 Å². The van der Waals surface area contributed by atoms with Gasteiger partial charge in [0.1, 0.15) is 12.4 Å². The molecule has 0 fully saturated rings. The van der Waals surface area contributed by atoms with Gasteiger partial charge in [0.15, 0.2) is 0 Å². The molecule has 0 aromatic heterocycles. The van der Waals surface area contributed by atoms with E-state index in [0.29, 0.717) is 25.3 Å². The minimum Gasteiger partial charge on any atom is -0.491 e. The number of hydrogen-bond donors (Lipinski definition) is 3. The van der Waals surface area contributed by atoms with Crippen molar-refractivity contribution in [3.05, 3.63) is 64.9 Å². The Hall–Kier alpha value is -2.80. The highest BCUT2D eigenvalue weighted by Crippen LogP contribution is 2.38. The number of carbonyl (C=O) groups excluding carboxylic acids is 1. The average molecular weight is 400 g/mol. The third-order valence-electron chi connectivity index (χ3n) is 4.69. The Morgan fingerprint density at radius 2 is 1.82 bits per heavy atom. The Morgan fingerprint density at radius 3 is 2.61 bits per heavy atom. The molecule has 0 aliphatic carbocycles. The van der Waals surface area contributed by atoms with Gasteiger partial charge in [0.25, 0.3) is 5.91 Å². The van der Waals surface area contributed by atoms with E-state index in [1.807, 2.05) is 48.6 Å². The number of rotatable bonds is 5. The number of para-hydroxylation sites is 1. The van der Waals surface area contributed by atoms with Crippen LogP contribution in [0.15, 0.2) is 48.2 Å². The lowest BCUT2D eigenvalue weighted by Crippen LogP contribution is -2.14.